The van der Waals surface area contributed by atoms with Gasteiger partial charge in [0.05, 0.1) is 5.69 Å². The van der Waals surface area contributed by atoms with E-state index in [-0.39, 0.29) is 11.8 Å². The summed E-state index contributed by atoms with van der Waals surface area (Å²) in [5, 5.41) is 6.19. The van der Waals surface area contributed by atoms with E-state index in [1.54, 1.807) is 11.3 Å². The van der Waals surface area contributed by atoms with Crippen LogP contribution in [0.1, 0.15) is 29.0 Å². The molecule has 1 unspecified atom stereocenters. The molecule has 1 saturated heterocycles. The third-order valence-corrected chi connectivity index (χ3v) is 5.60. The van der Waals surface area contributed by atoms with Crippen LogP contribution in [0.15, 0.2) is 30.3 Å². The quantitative estimate of drug-likeness (QED) is 0.878. The third kappa shape index (κ3) is 3.72. The SMILES string of the molecule is O=C1CCC(C(=O)Nc2nc3c(s2)CN(Cc2ccccc2)CC3)N1. The van der Waals surface area contributed by atoms with E-state index in [2.05, 4.69) is 44.8 Å². The van der Waals surface area contributed by atoms with Gasteiger partial charge in [-0.05, 0) is 12.0 Å². The van der Waals surface area contributed by atoms with Crippen molar-refractivity contribution in [3.8, 4) is 0 Å². The Kier molecular flexibility index (Phi) is 4.50. The Balaban J connectivity index is 1.39. The zero-order chi connectivity index (χ0) is 17.2. The molecule has 1 fully saturated rings. The van der Waals surface area contributed by atoms with Gasteiger partial charge in [0.15, 0.2) is 5.13 Å². The summed E-state index contributed by atoms with van der Waals surface area (Å²) in [7, 11) is 0. The van der Waals surface area contributed by atoms with E-state index in [0.29, 0.717) is 18.0 Å². The molecule has 6 nitrogen and oxygen atoms in total. The van der Waals surface area contributed by atoms with Crippen molar-refractivity contribution in [1.82, 2.24) is 15.2 Å². The zero-order valence-corrected chi connectivity index (χ0v) is 14.6. The fourth-order valence-electron chi connectivity index (χ4n) is 3.28. The summed E-state index contributed by atoms with van der Waals surface area (Å²) < 4.78 is 0. The molecule has 2 aromatic rings. The standard InChI is InChI=1S/C18H20N4O2S/c23-16-7-6-14(19-16)17(24)21-18-20-13-8-9-22(11-15(13)25-18)10-12-4-2-1-3-5-12/h1-5,14H,6-11H2,(H,19,23)(H,20,21,24). The number of rotatable bonds is 4. The number of anilines is 1. The first-order valence-corrected chi connectivity index (χ1v) is 9.34. The molecule has 1 aromatic heterocycles. The first kappa shape index (κ1) is 16.2. The molecular formula is C18H20N4O2S. The van der Waals surface area contributed by atoms with Crippen molar-refractivity contribution in [1.29, 1.82) is 0 Å². The molecule has 0 saturated carbocycles. The number of nitrogens with zero attached hydrogens (tertiary/aromatic N) is 2. The molecule has 2 N–H and O–H groups in total. The van der Waals surface area contributed by atoms with Gasteiger partial charge in [0.25, 0.3) is 0 Å². The second-order valence-corrected chi connectivity index (χ2v) is 7.57. The minimum atomic E-state index is -0.428. The van der Waals surface area contributed by atoms with Gasteiger partial charge in [0.1, 0.15) is 6.04 Å². The maximum absolute atomic E-state index is 12.2. The average Bonchev–Trinajstić information content (AvgIpc) is 3.21. The molecular weight excluding hydrogens is 336 g/mol. The maximum atomic E-state index is 12.2. The Morgan fingerprint density at radius 1 is 1.32 bits per heavy atom. The third-order valence-electron chi connectivity index (χ3n) is 4.60. The molecule has 7 heteroatoms. The predicted molar refractivity (Wildman–Crippen MR) is 96.2 cm³/mol. The number of hydrogen-bond acceptors (Lipinski definition) is 5. The highest BCUT2D eigenvalue weighted by molar-refractivity contribution is 7.15. The average molecular weight is 356 g/mol. The fourth-order valence-corrected chi connectivity index (χ4v) is 4.34. The van der Waals surface area contributed by atoms with Crippen LogP contribution in [0.25, 0.3) is 0 Å². The number of carbonyl (C=O) groups excluding carboxylic acids is 2. The Bertz CT molecular complexity index is 790. The minimum absolute atomic E-state index is 0.0601. The minimum Gasteiger partial charge on any atom is -0.344 e. The van der Waals surface area contributed by atoms with Crippen molar-refractivity contribution in [3.63, 3.8) is 0 Å². The van der Waals surface area contributed by atoms with Crippen LogP contribution < -0.4 is 10.6 Å². The fraction of sp³-hybridized carbons (Fsp3) is 0.389. The summed E-state index contributed by atoms with van der Waals surface area (Å²) in [5.41, 5.74) is 2.39. The molecule has 2 amide bonds. The lowest BCUT2D eigenvalue weighted by molar-refractivity contribution is -0.122. The van der Waals surface area contributed by atoms with E-state index in [9.17, 15) is 9.59 Å². The van der Waals surface area contributed by atoms with Gasteiger partial charge in [-0.25, -0.2) is 4.98 Å². The maximum Gasteiger partial charge on any atom is 0.248 e. The Labute approximate surface area is 150 Å². The van der Waals surface area contributed by atoms with E-state index in [1.165, 1.54) is 10.4 Å². The van der Waals surface area contributed by atoms with Gasteiger partial charge in [-0.15, -0.1) is 11.3 Å². The second kappa shape index (κ2) is 6.93. The van der Waals surface area contributed by atoms with E-state index < -0.39 is 6.04 Å². The first-order chi connectivity index (χ1) is 12.2. The van der Waals surface area contributed by atoms with Crippen LogP contribution in [-0.4, -0.2) is 34.3 Å². The molecule has 0 aliphatic carbocycles. The van der Waals surface area contributed by atoms with E-state index in [0.717, 1.165) is 31.7 Å². The molecule has 2 aliphatic heterocycles. The van der Waals surface area contributed by atoms with Crippen LogP contribution in [0.3, 0.4) is 0 Å². The molecule has 0 bridgehead atoms. The molecule has 1 aromatic carbocycles. The van der Waals surface area contributed by atoms with Gasteiger partial charge in [-0.3, -0.25) is 14.5 Å². The molecule has 0 spiro atoms. The Morgan fingerprint density at radius 2 is 2.16 bits per heavy atom. The predicted octanol–water partition coefficient (Wildman–Crippen LogP) is 1.92. The number of aromatic nitrogens is 1. The summed E-state index contributed by atoms with van der Waals surface area (Å²) in [6.07, 6.45) is 1.87. The van der Waals surface area contributed by atoms with Gasteiger partial charge in [-0.2, -0.15) is 0 Å². The summed E-state index contributed by atoms with van der Waals surface area (Å²) in [6, 6.07) is 10.0. The highest BCUT2D eigenvalue weighted by Gasteiger charge is 2.28. The second-order valence-electron chi connectivity index (χ2n) is 6.48. The summed E-state index contributed by atoms with van der Waals surface area (Å²) >= 11 is 1.54. The van der Waals surface area contributed by atoms with Gasteiger partial charge < -0.3 is 10.6 Å². The van der Waals surface area contributed by atoms with Gasteiger partial charge >= 0.3 is 0 Å². The van der Waals surface area contributed by atoms with Gasteiger partial charge in [0.2, 0.25) is 11.8 Å². The first-order valence-electron chi connectivity index (χ1n) is 8.52. The molecule has 4 rings (SSSR count). The highest BCUT2D eigenvalue weighted by atomic mass is 32.1. The number of amides is 2. The van der Waals surface area contributed by atoms with Crippen LogP contribution >= 0.6 is 11.3 Å². The number of thiazole rings is 1. The summed E-state index contributed by atoms with van der Waals surface area (Å²) in [6.45, 7) is 2.75. The van der Waals surface area contributed by atoms with Gasteiger partial charge in [0, 0.05) is 37.4 Å². The Hall–Kier alpha value is -2.25. The number of carbonyl (C=O) groups is 2. The monoisotopic (exact) mass is 356 g/mol. The molecule has 130 valence electrons. The number of hydrogen-bond donors (Lipinski definition) is 2. The molecule has 3 heterocycles. The smallest absolute Gasteiger partial charge is 0.248 e. The van der Waals surface area contributed by atoms with Crippen LogP contribution in [-0.2, 0) is 29.1 Å². The van der Waals surface area contributed by atoms with E-state index in [1.807, 2.05) is 6.07 Å². The molecule has 0 radical (unpaired) electrons. The highest BCUT2D eigenvalue weighted by Crippen LogP contribution is 2.29. The number of nitrogens with one attached hydrogen (secondary N) is 2. The molecule has 1 atom stereocenters. The largest absolute Gasteiger partial charge is 0.344 e. The van der Waals surface area contributed by atoms with Crippen LogP contribution in [0, 0.1) is 0 Å². The van der Waals surface area contributed by atoms with Crippen LogP contribution in [0.5, 0.6) is 0 Å². The number of fused-ring (bicyclic) bond motifs is 1. The van der Waals surface area contributed by atoms with Crippen LogP contribution in [0.2, 0.25) is 0 Å². The lowest BCUT2D eigenvalue weighted by Crippen LogP contribution is -2.37. The molecule has 25 heavy (non-hydrogen) atoms. The van der Waals surface area contributed by atoms with Crippen molar-refractivity contribution in [2.45, 2.75) is 38.4 Å². The van der Waals surface area contributed by atoms with Gasteiger partial charge in [-0.1, -0.05) is 30.3 Å². The lowest BCUT2D eigenvalue weighted by atomic mass is 10.1. The normalized spacial score (nSPS) is 20.2. The summed E-state index contributed by atoms with van der Waals surface area (Å²) in [5.74, 6) is -0.228. The van der Waals surface area contributed by atoms with Crippen molar-refractivity contribution in [3.05, 3.63) is 46.5 Å². The van der Waals surface area contributed by atoms with Crippen molar-refractivity contribution in [2.75, 3.05) is 11.9 Å². The van der Waals surface area contributed by atoms with Crippen molar-refractivity contribution in [2.24, 2.45) is 0 Å². The zero-order valence-electron chi connectivity index (χ0n) is 13.8. The topological polar surface area (TPSA) is 74.3 Å². The Morgan fingerprint density at radius 3 is 2.92 bits per heavy atom. The number of benzene rings is 1. The summed E-state index contributed by atoms with van der Waals surface area (Å²) in [4.78, 5) is 31.6. The van der Waals surface area contributed by atoms with Crippen LogP contribution in [0.4, 0.5) is 5.13 Å². The van der Waals surface area contributed by atoms with Crippen molar-refractivity contribution < 1.29 is 9.59 Å². The molecule has 2 aliphatic rings. The lowest BCUT2D eigenvalue weighted by Gasteiger charge is -2.25. The van der Waals surface area contributed by atoms with Crippen molar-refractivity contribution >= 4 is 28.3 Å². The van der Waals surface area contributed by atoms with E-state index in [4.69, 9.17) is 0 Å². The van der Waals surface area contributed by atoms with E-state index >= 15 is 0 Å².